The number of aryl methyl sites for hydroxylation is 1. The summed E-state index contributed by atoms with van der Waals surface area (Å²) in [5.74, 6) is 1.75. The summed E-state index contributed by atoms with van der Waals surface area (Å²) in [5, 5.41) is 13.6. The summed E-state index contributed by atoms with van der Waals surface area (Å²) in [7, 11) is 1.86. The van der Waals surface area contributed by atoms with Crippen LogP contribution in [0.3, 0.4) is 0 Å². The molecule has 0 aliphatic rings. The molecule has 19 heavy (non-hydrogen) atoms. The molecule has 0 amide bonds. The van der Waals surface area contributed by atoms with Crippen LogP contribution < -0.4 is 0 Å². The molecule has 0 bridgehead atoms. The molecule has 6 nitrogen and oxygen atoms in total. The molecule has 0 spiro atoms. The van der Waals surface area contributed by atoms with E-state index in [4.69, 9.17) is 4.52 Å². The summed E-state index contributed by atoms with van der Waals surface area (Å²) in [6, 6.07) is 7.07. The van der Waals surface area contributed by atoms with Crippen LogP contribution in [0.25, 0.3) is 11.6 Å². The van der Waals surface area contributed by atoms with Gasteiger partial charge in [-0.25, -0.2) is 4.98 Å². The van der Waals surface area contributed by atoms with Gasteiger partial charge in [0.05, 0.1) is 6.42 Å². The molecule has 6 heteroatoms. The van der Waals surface area contributed by atoms with Gasteiger partial charge in [-0.3, -0.25) is 0 Å². The molecule has 1 aromatic carbocycles. The van der Waals surface area contributed by atoms with Gasteiger partial charge in [0.1, 0.15) is 5.75 Å². The maximum atomic E-state index is 9.70. The first-order chi connectivity index (χ1) is 9.24. The van der Waals surface area contributed by atoms with E-state index < -0.39 is 0 Å². The van der Waals surface area contributed by atoms with Crippen LogP contribution in [0.1, 0.15) is 11.5 Å². The fraction of sp³-hybridized carbons (Fsp3) is 0.154. The topological polar surface area (TPSA) is 77.0 Å². The smallest absolute Gasteiger partial charge is 0.238 e. The molecule has 0 fully saturated rings. The standard InChI is InChI=1S/C13H12N4O2/c1-17-7-6-14-13(17)12-15-11(19-16-12)8-9-4-2-3-5-10(9)18/h2-7,18H,8H2,1H3. The molecule has 0 radical (unpaired) electrons. The van der Waals surface area contributed by atoms with Crippen LogP contribution >= 0.6 is 0 Å². The normalized spacial score (nSPS) is 10.8. The monoisotopic (exact) mass is 256 g/mol. The highest BCUT2D eigenvalue weighted by Crippen LogP contribution is 2.20. The Morgan fingerprint density at radius 3 is 2.89 bits per heavy atom. The number of para-hydroxylation sites is 1. The van der Waals surface area contributed by atoms with Crippen LogP contribution in [0.4, 0.5) is 0 Å². The second-order valence-electron chi connectivity index (χ2n) is 4.18. The van der Waals surface area contributed by atoms with Gasteiger partial charge in [-0.2, -0.15) is 4.98 Å². The Bertz CT molecular complexity index is 702. The van der Waals surface area contributed by atoms with Crippen LogP contribution in [0.15, 0.2) is 41.2 Å². The van der Waals surface area contributed by atoms with E-state index in [1.807, 2.05) is 29.9 Å². The molecule has 0 aliphatic carbocycles. The molecule has 0 atom stereocenters. The third-order valence-electron chi connectivity index (χ3n) is 2.82. The maximum absolute atomic E-state index is 9.70. The predicted octanol–water partition coefficient (Wildman–Crippen LogP) is 1.77. The first-order valence-electron chi connectivity index (χ1n) is 5.81. The minimum Gasteiger partial charge on any atom is -0.508 e. The third-order valence-corrected chi connectivity index (χ3v) is 2.82. The summed E-state index contributed by atoms with van der Waals surface area (Å²) in [6.45, 7) is 0. The highest BCUT2D eigenvalue weighted by molar-refractivity contribution is 5.42. The number of aromatic hydroxyl groups is 1. The van der Waals surface area contributed by atoms with Gasteiger partial charge in [0.15, 0.2) is 5.82 Å². The van der Waals surface area contributed by atoms with Crippen LogP contribution in [0.2, 0.25) is 0 Å². The van der Waals surface area contributed by atoms with Crippen molar-refractivity contribution in [1.82, 2.24) is 19.7 Å². The van der Waals surface area contributed by atoms with E-state index in [1.54, 1.807) is 18.3 Å². The Hall–Kier alpha value is -2.63. The summed E-state index contributed by atoms with van der Waals surface area (Å²) in [4.78, 5) is 8.43. The molecule has 0 unspecified atom stereocenters. The molecule has 3 aromatic rings. The average Bonchev–Trinajstić information content (AvgIpc) is 3.01. The zero-order valence-electron chi connectivity index (χ0n) is 10.3. The highest BCUT2D eigenvalue weighted by Gasteiger charge is 2.13. The van der Waals surface area contributed by atoms with Gasteiger partial charge in [0, 0.05) is 25.0 Å². The van der Waals surface area contributed by atoms with E-state index in [9.17, 15) is 5.11 Å². The van der Waals surface area contributed by atoms with Crippen molar-refractivity contribution >= 4 is 0 Å². The van der Waals surface area contributed by atoms with Crippen molar-refractivity contribution in [2.75, 3.05) is 0 Å². The first kappa shape index (κ1) is 11.5. The van der Waals surface area contributed by atoms with Gasteiger partial charge in [-0.1, -0.05) is 23.4 Å². The van der Waals surface area contributed by atoms with Gasteiger partial charge in [0.25, 0.3) is 0 Å². The summed E-state index contributed by atoms with van der Waals surface area (Å²) >= 11 is 0. The second-order valence-corrected chi connectivity index (χ2v) is 4.18. The van der Waals surface area contributed by atoms with Crippen LogP contribution in [-0.4, -0.2) is 24.8 Å². The van der Waals surface area contributed by atoms with E-state index in [-0.39, 0.29) is 5.75 Å². The Labute approximate surface area is 109 Å². The lowest BCUT2D eigenvalue weighted by Crippen LogP contribution is -1.93. The minimum atomic E-state index is 0.222. The number of benzene rings is 1. The van der Waals surface area contributed by atoms with Crippen molar-refractivity contribution < 1.29 is 9.63 Å². The van der Waals surface area contributed by atoms with E-state index in [0.29, 0.717) is 24.0 Å². The Kier molecular flexibility index (Phi) is 2.75. The number of hydrogen-bond donors (Lipinski definition) is 1. The lowest BCUT2D eigenvalue weighted by molar-refractivity contribution is 0.382. The lowest BCUT2D eigenvalue weighted by Gasteiger charge is -1.99. The summed E-state index contributed by atoms with van der Waals surface area (Å²) < 4.78 is 6.99. The van der Waals surface area contributed by atoms with Crippen molar-refractivity contribution in [3.05, 3.63) is 48.1 Å². The molecular weight excluding hydrogens is 244 g/mol. The van der Waals surface area contributed by atoms with E-state index in [1.165, 1.54) is 0 Å². The lowest BCUT2D eigenvalue weighted by atomic mass is 10.1. The van der Waals surface area contributed by atoms with Crippen molar-refractivity contribution in [2.45, 2.75) is 6.42 Å². The average molecular weight is 256 g/mol. The van der Waals surface area contributed by atoms with Gasteiger partial charge in [-0.15, -0.1) is 0 Å². The maximum Gasteiger partial charge on any atom is 0.238 e. The molecule has 0 aliphatic heterocycles. The molecule has 0 saturated heterocycles. The van der Waals surface area contributed by atoms with E-state index in [2.05, 4.69) is 15.1 Å². The Morgan fingerprint density at radius 2 is 2.16 bits per heavy atom. The van der Waals surface area contributed by atoms with Crippen molar-refractivity contribution in [1.29, 1.82) is 0 Å². The first-order valence-corrected chi connectivity index (χ1v) is 5.81. The molecule has 0 saturated carbocycles. The molecule has 1 N–H and O–H groups in total. The number of nitrogens with zero attached hydrogens (tertiary/aromatic N) is 4. The minimum absolute atomic E-state index is 0.222. The van der Waals surface area contributed by atoms with Crippen LogP contribution in [0.5, 0.6) is 5.75 Å². The van der Waals surface area contributed by atoms with Gasteiger partial charge < -0.3 is 14.2 Å². The molecular formula is C13H12N4O2. The summed E-state index contributed by atoms with van der Waals surface area (Å²) in [6.07, 6.45) is 3.88. The van der Waals surface area contributed by atoms with Gasteiger partial charge in [0.2, 0.25) is 11.7 Å². The van der Waals surface area contributed by atoms with Crippen LogP contribution in [0, 0.1) is 0 Å². The number of hydrogen-bond acceptors (Lipinski definition) is 5. The molecule has 2 heterocycles. The molecule has 96 valence electrons. The second kappa shape index (κ2) is 4.56. The van der Waals surface area contributed by atoms with Crippen LogP contribution in [-0.2, 0) is 13.5 Å². The molecule has 2 aromatic heterocycles. The Morgan fingerprint density at radius 1 is 1.32 bits per heavy atom. The summed E-state index contributed by atoms with van der Waals surface area (Å²) in [5.41, 5.74) is 0.748. The molecule has 3 rings (SSSR count). The number of phenols is 1. The third kappa shape index (κ3) is 2.20. The SMILES string of the molecule is Cn1ccnc1-c1noc(Cc2ccccc2O)n1. The fourth-order valence-corrected chi connectivity index (χ4v) is 1.82. The van der Waals surface area contributed by atoms with E-state index in [0.717, 1.165) is 5.56 Å². The quantitative estimate of drug-likeness (QED) is 0.772. The largest absolute Gasteiger partial charge is 0.508 e. The fourth-order valence-electron chi connectivity index (χ4n) is 1.82. The van der Waals surface area contributed by atoms with Gasteiger partial charge >= 0.3 is 0 Å². The Balaban J connectivity index is 1.87. The van der Waals surface area contributed by atoms with E-state index >= 15 is 0 Å². The van der Waals surface area contributed by atoms with Gasteiger partial charge in [-0.05, 0) is 6.07 Å². The van der Waals surface area contributed by atoms with Crippen molar-refractivity contribution in [2.24, 2.45) is 7.05 Å². The highest BCUT2D eigenvalue weighted by atomic mass is 16.5. The zero-order valence-corrected chi connectivity index (χ0v) is 10.3. The van der Waals surface area contributed by atoms with Crippen molar-refractivity contribution in [3.63, 3.8) is 0 Å². The number of rotatable bonds is 3. The number of phenolic OH excluding ortho intramolecular Hbond substituents is 1. The van der Waals surface area contributed by atoms with Crippen molar-refractivity contribution in [3.8, 4) is 17.4 Å². The predicted molar refractivity (Wildman–Crippen MR) is 67.4 cm³/mol. The zero-order chi connectivity index (χ0) is 13.2. The number of imidazole rings is 1. The number of aromatic nitrogens is 4.